The summed E-state index contributed by atoms with van der Waals surface area (Å²) in [4.78, 5) is 4.38. The van der Waals surface area contributed by atoms with Crippen molar-refractivity contribution in [1.29, 1.82) is 0 Å². The van der Waals surface area contributed by atoms with Crippen LogP contribution in [-0.4, -0.2) is 51.0 Å². The highest BCUT2D eigenvalue weighted by atomic mass is 32.2. The van der Waals surface area contributed by atoms with Crippen LogP contribution in [0.5, 0.6) is 5.75 Å². The topological polar surface area (TPSA) is 68.7 Å². The molecule has 3 rings (SSSR count). The van der Waals surface area contributed by atoms with Gasteiger partial charge in [0.05, 0.1) is 6.61 Å². The second kappa shape index (κ2) is 9.54. The van der Waals surface area contributed by atoms with E-state index in [4.69, 9.17) is 9.47 Å². The van der Waals surface area contributed by atoms with E-state index in [1.807, 2.05) is 0 Å². The molecular weight excluding hydrogens is 474 g/mol. The average Bonchev–Trinajstić information content (AvgIpc) is 3.52. The van der Waals surface area contributed by atoms with Gasteiger partial charge in [0.15, 0.2) is 12.5 Å². The number of nitrogens with zero attached hydrogens (tertiary/aromatic N) is 1. The van der Waals surface area contributed by atoms with Gasteiger partial charge in [-0.3, -0.25) is 4.21 Å². The number of halogens is 4. The van der Waals surface area contributed by atoms with E-state index in [1.165, 1.54) is 44.4 Å². The molecular formula is C24H29F4NO4S. The molecule has 10 heteroatoms. The predicted molar refractivity (Wildman–Crippen MR) is 121 cm³/mol. The molecule has 1 aliphatic carbocycles. The normalized spacial score (nSPS) is 21.1. The summed E-state index contributed by atoms with van der Waals surface area (Å²) in [6.45, 7) is 5.05. The van der Waals surface area contributed by atoms with Crippen LogP contribution in [-0.2, 0) is 21.0 Å². The lowest BCUT2D eigenvalue weighted by atomic mass is 9.74. The zero-order valence-corrected chi connectivity index (χ0v) is 20.5. The van der Waals surface area contributed by atoms with Crippen molar-refractivity contribution in [1.82, 2.24) is 4.98 Å². The van der Waals surface area contributed by atoms with Crippen molar-refractivity contribution in [3.05, 3.63) is 47.4 Å². The Morgan fingerprint density at radius 1 is 1.18 bits per heavy atom. The summed E-state index contributed by atoms with van der Waals surface area (Å²) in [5.74, 6) is -1.84. The van der Waals surface area contributed by atoms with Gasteiger partial charge < -0.3 is 14.6 Å². The van der Waals surface area contributed by atoms with Crippen LogP contribution in [0.25, 0.3) is 11.3 Å². The summed E-state index contributed by atoms with van der Waals surface area (Å²) in [5, 5.41) is 9.60. The first-order valence-corrected chi connectivity index (χ1v) is 12.0. The van der Waals surface area contributed by atoms with Gasteiger partial charge in [-0.1, -0.05) is 0 Å². The number of ether oxygens (including phenoxy) is 2. The average molecular weight is 504 g/mol. The summed E-state index contributed by atoms with van der Waals surface area (Å²) in [6, 6.07) is 6.38. The largest absolute Gasteiger partial charge is 0.465 e. The number of hydrogen-bond donors (Lipinski definition) is 1. The van der Waals surface area contributed by atoms with Gasteiger partial charge >= 0.3 is 6.18 Å². The third kappa shape index (κ3) is 4.85. The van der Waals surface area contributed by atoms with E-state index in [0.29, 0.717) is 5.56 Å². The second-order valence-electron chi connectivity index (χ2n) is 9.46. The maximum absolute atomic E-state index is 14.9. The molecule has 0 bridgehead atoms. The zero-order chi connectivity index (χ0) is 25.5. The minimum Gasteiger partial charge on any atom is -0.465 e. The minimum atomic E-state index is -4.89. The number of aliphatic hydroxyl groups excluding tert-OH is 1. The number of aromatic nitrogens is 1. The van der Waals surface area contributed by atoms with Crippen LogP contribution in [0.15, 0.2) is 30.3 Å². The Labute approximate surface area is 199 Å². The molecule has 0 radical (unpaired) electrons. The van der Waals surface area contributed by atoms with Crippen molar-refractivity contribution < 1.29 is 36.4 Å². The van der Waals surface area contributed by atoms with Crippen molar-refractivity contribution >= 4 is 10.8 Å². The van der Waals surface area contributed by atoms with Crippen molar-refractivity contribution in [3.63, 3.8) is 0 Å². The molecule has 1 heterocycles. The maximum atomic E-state index is 14.9. The van der Waals surface area contributed by atoms with Crippen LogP contribution in [0, 0.1) is 18.7 Å². The number of rotatable bonds is 8. The van der Waals surface area contributed by atoms with E-state index < -0.39 is 50.7 Å². The molecule has 34 heavy (non-hydrogen) atoms. The summed E-state index contributed by atoms with van der Waals surface area (Å²) in [7, 11) is -0.235. The molecule has 0 amide bonds. The SMILES string of the molecule is COCOc1c([C@](CO)(C2CC2S(=O)C(C)(C)C)C(F)(F)F)cc(C)nc1-c1ccc(F)cc1. The fourth-order valence-electron chi connectivity index (χ4n) is 4.30. The van der Waals surface area contributed by atoms with Crippen LogP contribution in [0.3, 0.4) is 0 Å². The second-order valence-corrected chi connectivity index (χ2v) is 11.9. The number of aryl methyl sites for hydroxylation is 1. The van der Waals surface area contributed by atoms with Gasteiger partial charge in [0, 0.05) is 44.7 Å². The van der Waals surface area contributed by atoms with Gasteiger partial charge in [-0.2, -0.15) is 13.2 Å². The van der Waals surface area contributed by atoms with Crippen LogP contribution >= 0.6 is 0 Å². The van der Waals surface area contributed by atoms with E-state index in [9.17, 15) is 26.9 Å². The third-order valence-electron chi connectivity index (χ3n) is 6.02. The number of benzene rings is 1. The Morgan fingerprint density at radius 3 is 2.29 bits per heavy atom. The molecule has 0 spiro atoms. The molecule has 1 saturated carbocycles. The van der Waals surface area contributed by atoms with E-state index in [0.717, 1.165) is 0 Å². The highest BCUT2D eigenvalue weighted by Gasteiger charge is 2.69. The standard InChI is InChI=1S/C24H29F4NO4S/c1-14-10-18(21(33-13-32-5)20(29-14)15-6-8-16(25)9-7-15)23(12-30,24(26,27)28)17-11-19(17)34(31)22(2,3)4/h6-10,17,19,30H,11-13H2,1-5H3/t17?,19?,23-,34?/m0/s1. The van der Waals surface area contributed by atoms with Gasteiger partial charge in [-0.15, -0.1) is 0 Å². The predicted octanol–water partition coefficient (Wildman–Crippen LogP) is 4.91. The number of pyridine rings is 1. The van der Waals surface area contributed by atoms with Crippen molar-refractivity contribution in [2.75, 3.05) is 20.5 Å². The molecule has 1 fully saturated rings. The quantitative estimate of drug-likeness (QED) is 0.410. The first-order valence-electron chi connectivity index (χ1n) is 10.8. The van der Waals surface area contributed by atoms with E-state index in [-0.39, 0.29) is 35.9 Å². The van der Waals surface area contributed by atoms with Crippen molar-refractivity contribution in [3.8, 4) is 17.0 Å². The van der Waals surface area contributed by atoms with Crippen LogP contribution in [0.1, 0.15) is 38.4 Å². The Hall–Kier alpha value is -2.04. The van der Waals surface area contributed by atoms with E-state index >= 15 is 0 Å². The monoisotopic (exact) mass is 503 g/mol. The summed E-state index contributed by atoms with van der Waals surface area (Å²) in [6.07, 6.45) is -4.84. The Morgan fingerprint density at radius 2 is 1.79 bits per heavy atom. The fraction of sp³-hybridized carbons (Fsp3) is 0.542. The molecule has 0 saturated heterocycles. The van der Waals surface area contributed by atoms with Crippen LogP contribution in [0.4, 0.5) is 17.6 Å². The summed E-state index contributed by atoms with van der Waals surface area (Å²) in [5.41, 5.74) is -2.36. The minimum absolute atomic E-state index is 0.0426. The van der Waals surface area contributed by atoms with E-state index in [1.54, 1.807) is 20.8 Å². The highest BCUT2D eigenvalue weighted by molar-refractivity contribution is 7.87. The van der Waals surface area contributed by atoms with Crippen molar-refractivity contribution in [2.45, 2.75) is 55.7 Å². The lowest BCUT2D eigenvalue weighted by molar-refractivity contribution is -0.208. The molecule has 1 N–H and O–H groups in total. The molecule has 4 atom stereocenters. The Kier molecular flexibility index (Phi) is 7.46. The van der Waals surface area contributed by atoms with E-state index in [2.05, 4.69) is 4.98 Å². The van der Waals surface area contributed by atoms with Gasteiger partial charge in [0.1, 0.15) is 16.9 Å². The number of hydrogen-bond acceptors (Lipinski definition) is 5. The Bertz CT molecular complexity index is 1050. The molecule has 3 unspecified atom stereocenters. The van der Waals surface area contributed by atoms with Crippen molar-refractivity contribution in [2.24, 2.45) is 5.92 Å². The van der Waals surface area contributed by atoms with Gasteiger partial charge in [-0.25, -0.2) is 9.37 Å². The number of aliphatic hydroxyl groups is 1. The molecule has 2 aromatic rings. The zero-order valence-electron chi connectivity index (χ0n) is 19.7. The maximum Gasteiger partial charge on any atom is 0.401 e. The lowest BCUT2D eigenvalue weighted by Gasteiger charge is -2.37. The van der Waals surface area contributed by atoms with Gasteiger partial charge in [-0.05, 0) is 70.4 Å². The molecule has 5 nitrogen and oxygen atoms in total. The number of alkyl halides is 3. The molecule has 1 aliphatic rings. The third-order valence-corrected chi connectivity index (χ3v) is 8.30. The first kappa shape index (κ1) is 26.6. The molecule has 0 aliphatic heterocycles. The van der Waals surface area contributed by atoms with Crippen LogP contribution in [0.2, 0.25) is 0 Å². The number of methoxy groups -OCH3 is 1. The molecule has 1 aromatic heterocycles. The van der Waals surface area contributed by atoms with Crippen LogP contribution < -0.4 is 4.74 Å². The summed E-state index contributed by atoms with van der Waals surface area (Å²) < 4.78 is 81.0. The summed E-state index contributed by atoms with van der Waals surface area (Å²) >= 11 is 0. The molecule has 1 aromatic carbocycles. The fourth-order valence-corrected chi connectivity index (χ4v) is 6.12. The smallest absolute Gasteiger partial charge is 0.401 e. The lowest BCUT2D eigenvalue weighted by Crippen LogP contribution is -2.49. The van der Waals surface area contributed by atoms with Gasteiger partial charge in [0.25, 0.3) is 0 Å². The Balaban J connectivity index is 2.28. The van der Waals surface area contributed by atoms with Gasteiger partial charge in [0.2, 0.25) is 0 Å². The molecule has 188 valence electrons. The highest BCUT2D eigenvalue weighted by Crippen LogP contribution is 2.60. The first-order chi connectivity index (χ1) is 15.8.